The minimum absolute atomic E-state index is 0.216. The minimum atomic E-state index is -4.05. The zero-order valence-electron chi connectivity index (χ0n) is 14.8. The molecule has 6 nitrogen and oxygen atoms in total. The van der Waals surface area contributed by atoms with Crippen LogP contribution in [-0.2, 0) is 10.0 Å². The molecular formula is C21H17N3O3S. The first-order chi connectivity index (χ1) is 13.5. The fraction of sp³-hybridized carbons (Fsp3) is 0.0476. The van der Waals surface area contributed by atoms with E-state index in [4.69, 9.17) is 5.14 Å². The molecule has 0 bridgehead atoms. The highest BCUT2D eigenvalue weighted by Gasteiger charge is 2.30. The normalized spacial score (nSPS) is 12.8. The standard InChI is InChI=1S/C21H17N3O3S/c22-28(26,27)20(15-9-3-1-4-10-15)19-17-13-7-8-14-18(17)21(25)24(23-19)16-11-5-2-6-12-16/h1-14,20H,(H2,22,26,27). The van der Waals surface area contributed by atoms with Crippen molar-refractivity contribution in [1.82, 2.24) is 9.78 Å². The SMILES string of the molecule is NS(=O)(=O)C(c1ccccc1)c1nn(-c2ccccc2)c(=O)c2ccccc12. The van der Waals surface area contributed by atoms with Gasteiger partial charge in [-0.05, 0) is 23.8 Å². The maximum Gasteiger partial charge on any atom is 0.279 e. The van der Waals surface area contributed by atoms with Gasteiger partial charge in [-0.25, -0.2) is 13.6 Å². The molecule has 0 fully saturated rings. The number of para-hydroxylation sites is 1. The van der Waals surface area contributed by atoms with Crippen LogP contribution in [0.15, 0.2) is 89.7 Å². The molecule has 3 aromatic carbocycles. The van der Waals surface area contributed by atoms with Gasteiger partial charge in [0, 0.05) is 5.39 Å². The molecule has 0 saturated heterocycles. The number of hydrogen-bond donors (Lipinski definition) is 1. The number of hydrogen-bond acceptors (Lipinski definition) is 4. The van der Waals surface area contributed by atoms with Crippen molar-refractivity contribution in [3.63, 3.8) is 0 Å². The Morgan fingerprint density at radius 2 is 1.32 bits per heavy atom. The molecule has 2 N–H and O–H groups in total. The van der Waals surface area contributed by atoms with E-state index in [0.717, 1.165) is 0 Å². The minimum Gasteiger partial charge on any atom is -0.267 e. The number of nitrogens with zero attached hydrogens (tertiary/aromatic N) is 2. The van der Waals surface area contributed by atoms with E-state index in [-0.39, 0.29) is 11.3 Å². The molecular weight excluding hydrogens is 374 g/mol. The fourth-order valence-corrected chi connectivity index (χ4v) is 4.30. The van der Waals surface area contributed by atoms with Crippen LogP contribution in [0.1, 0.15) is 16.5 Å². The van der Waals surface area contributed by atoms with Crippen molar-refractivity contribution in [3.05, 3.63) is 107 Å². The Bertz CT molecular complexity index is 1300. The average molecular weight is 391 g/mol. The van der Waals surface area contributed by atoms with Crippen molar-refractivity contribution >= 4 is 20.8 Å². The summed E-state index contributed by atoms with van der Waals surface area (Å²) >= 11 is 0. The van der Waals surface area contributed by atoms with E-state index >= 15 is 0 Å². The number of sulfonamides is 1. The second-order valence-corrected chi connectivity index (χ2v) is 8.01. The summed E-state index contributed by atoms with van der Waals surface area (Å²) in [5.41, 5.74) is 0.918. The summed E-state index contributed by atoms with van der Waals surface area (Å²) < 4.78 is 26.3. The quantitative estimate of drug-likeness (QED) is 0.579. The van der Waals surface area contributed by atoms with E-state index in [1.807, 2.05) is 6.07 Å². The van der Waals surface area contributed by atoms with E-state index in [1.165, 1.54) is 4.68 Å². The predicted octanol–water partition coefficient (Wildman–Crippen LogP) is 2.76. The van der Waals surface area contributed by atoms with E-state index in [9.17, 15) is 13.2 Å². The van der Waals surface area contributed by atoms with Crippen molar-refractivity contribution in [2.45, 2.75) is 5.25 Å². The highest BCUT2D eigenvalue weighted by Crippen LogP contribution is 2.31. The average Bonchev–Trinajstić information content (AvgIpc) is 2.70. The summed E-state index contributed by atoms with van der Waals surface area (Å²) in [6.07, 6.45) is 0. The van der Waals surface area contributed by atoms with Crippen LogP contribution in [-0.4, -0.2) is 18.2 Å². The topological polar surface area (TPSA) is 95.1 Å². The summed E-state index contributed by atoms with van der Waals surface area (Å²) in [6, 6.07) is 24.3. The molecule has 28 heavy (non-hydrogen) atoms. The van der Waals surface area contributed by atoms with Gasteiger partial charge in [0.2, 0.25) is 10.0 Å². The Hall–Kier alpha value is -3.29. The van der Waals surface area contributed by atoms with E-state index in [2.05, 4.69) is 5.10 Å². The van der Waals surface area contributed by atoms with Crippen LogP contribution in [0.3, 0.4) is 0 Å². The van der Waals surface area contributed by atoms with Gasteiger partial charge in [0.15, 0.2) is 0 Å². The van der Waals surface area contributed by atoms with Crippen LogP contribution < -0.4 is 10.7 Å². The fourth-order valence-electron chi connectivity index (χ4n) is 3.28. The maximum atomic E-state index is 13.0. The molecule has 1 atom stereocenters. The van der Waals surface area contributed by atoms with E-state index in [0.29, 0.717) is 22.0 Å². The van der Waals surface area contributed by atoms with Crippen molar-refractivity contribution in [2.75, 3.05) is 0 Å². The maximum absolute atomic E-state index is 13.0. The lowest BCUT2D eigenvalue weighted by Crippen LogP contribution is -2.29. The first-order valence-electron chi connectivity index (χ1n) is 8.61. The van der Waals surface area contributed by atoms with Crippen molar-refractivity contribution in [3.8, 4) is 5.69 Å². The zero-order chi connectivity index (χ0) is 19.7. The van der Waals surface area contributed by atoms with Gasteiger partial charge in [-0.15, -0.1) is 0 Å². The van der Waals surface area contributed by atoms with Crippen LogP contribution >= 0.6 is 0 Å². The summed E-state index contributed by atoms with van der Waals surface area (Å²) in [7, 11) is -4.05. The third kappa shape index (κ3) is 3.21. The number of aromatic nitrogens is 2. The Morgan fingerprint density at radius 3 is 1.93 bits per heavy atom. The molecule has 4 rings (SSSR count). The molecule has 140 valence electrons. The van der Waals surface area contributed by atoms with Gasteiger partial charge >= 0.3 is 0 Å². The number of rotatable bonds is 4. The van der Waals surface area contributed by atoms with Gasteiger partial charge in [0.05, 0.1) is 16.8 Å². The van der Waals surface area contributed by atoms with Crippen LogP contribution in [0.2, 0.25) is 0 Å². The van der Waals surface area contributed by atoms with Gasteiger partial charge in [-0.1, -0.05) is 66.7 Å². The Kier molecular flexibility index (Phi) is 4.54. The molecule has 0 aliphatic rings. The summed E-state index contributed by atoms with van der Waals surface area (Å²) in [5.74, 6) is 0. The lowest BCUT2D eigenvalue weighted by Gasteiger charge is -2.18. The van der Waals surface area contributed by atoms with Gasteiger partial charge in [-0.3, -0.25) is 4.79 Å². The molecule has 1 heterocycles. The Balaban J connectivity index is 2.11. The van der Waals surface area contributed by atoms with Crippen LogP contribution in [0.5, 0.6) is 0 Å². The molecule has 0 aliphatic heterocycles. The monoisotopic (exact) mass is 391 g/mol. The molecule has 0 spiro atoms. The molecule has 1 aromatic heterocycles. The van der Waals surface area contributed by atoms with Crippen LogP contribution in [0, 0.1) is 0 Å². The first-order valence-corrected chi connectivity index (χ1v) is 10.2. The van der Waals surface area contributed by atoms with E-state index < -0.39 is 15.3 Å². The summed E-state index contributed by atoms with van der Waals surface area (Å²) in [4.78, 5) is 13.0. The number of nitrogens with two attached hydrogens (primary N) is 1. The Labute approximate surface area is 161 Å². The molecule has 1 unspecified atom stereocenters. The van der Waals surface area contributed by atoms with Crippen LogP contribution in [0.4, 0.5) is 0 Å². The van der Waals surface area contributed by atoms with Gasteiger partial charge in [0.1, 0.15) is 5.25 Å². The second-order valence-electron chi connectivity index (χ2n) is 6.36. The summed E-state index contributed by atoms with van der Waals surface area (Å²) in [5, 5.41) is 9.70. The highest BCUT2D eigenvalue weighted by atomic mass is 32.2. The van der Waals surface area contributed by atoms with Crippen molar-refractivity contribution < 1.29 is 8.42 Å². The van der Waals surface area contributed by atoms with Crippen molar-refractivity contribution in [1.29, 1.82) is 0 Å². The molecule has 0 aliphatic carbocycles. The van der Waals surface area contributed by atoms with Crippen LogP contribution in [0.25, 0.3) is 16.5 Å². The smallest absolute Gasteiger partial charge is 0.267 e. The lowest BCUT2D eigenvalue weighted by molar-refractivity contribution is 0.588. The predicted molar refractivity (Wildman–Crippen MR) is 109 cm³/mol. The number of fused-ring (bicyclic) bond motifs is 1. The third-order valence-electron chi connectivity index (χ3n) is 4.51. The number of primary sulfonamides is 1. The van der Waals surface area contributed by atoms with Crippen molar-refractivity contribution in [2.24, 2.45) is 5.14 Å². The first kappa shape index (κ1) is 18.1. The summed E-state index contributed by atoms with van der Waals surface area (Å²) in [6.45, 7) is 0. The second kappa shape index (κ2) is 7.03. The molecule has 7 heteroatoms. The lowest BCUT2D eigenvalue weighted by atomic mass is 10.0. The molecule has 0 saturated carbocycles. The highest BCUT2D eigenvalue weighted by molar-refractivity contribution is 7.89. The molecule has 0 radical (unpaired) electrons. The van der Waals surface area contributed by atoms with Gasteiger partial charge in [-0.2, -0.15) is 9.78 Å². The van der Waals surface area contributed by atoms with E-state index in [1.54, 1.807) is 78.9 Å². The van der Waals surface area contributed by atoms with Gasteiger partial charge in [0.25, 0.3) is 5.56 Å². The largest absolute Gasteiger partial charge is 0.279 e. The zero-order valence-corrected chi connectivity index (χ0v) is 15.6. The third-order valence-corrected chi connectivity index (χ3v) is 5.67. The molecule has 0 amide bonds. The van der Waals surface area contributed by atoms with Gasteiger partial charge < -0.3 is 0 Å². The number of benzene rings is 3. The molecule has 4 aromatic rings. The Morgan fingerprint density at radius 1 is 0.786 bits per heavy atom.